The lowest BCUT2D eigenvalue weighted by atomic mass is 10.2. The number of carbonyl (C=O) groups excluding carboxylic acids is 2. The van der Waals surface area contributed by atoms with Crippen molar-refractivity contribution in [2.75, 3.05) is 13.1 Å². The van der Waals surface area contributed by atoms with Crippen LogP contribution in [-0.2, 0) is 14.8 Å². The van der Waals surface area contributed by atoms with E-state index >= 15 is 0 Å². The van der Waals surface area contributed by atoms with Crippen LogP contribution >= 0.6 is 11.8 Å². The first-order chi connectivity index (χ1) is 13.9. The lowest BCUT2D eigenvalue weighted by molar-refractivity contribution is -0.121. The molecule has 0 spiro atoms. The summed E-state index contributed by atoms with van der Waals surface area (Å²) in [5, 5.41) is -0.398. The number of benzene rings is 2. The number of hydrogen-bond acceptors (Lipinski definition) is 5. The molecule has 1 heterocycles. The van der Waals surface area contributed by atoms with Gasteiger partial charge in [-0.15, -0.1) is 11.8 Å². The van der Waals surface area contributed by atoms with Crippen LogP contribution in [0.2, 0.25) is 0 Å². The molecule has 1 atom stereocenters. The van der Waals surface area contributed by atoms with Crippen LogP contribution < -0.4 is 10.9 Å². The van der Waals surface area contributed by atoms with E-state index < -0.39 is 21.2 Å². The normalized spacial score (nSPS) is 15.6. The number of nitrogens with zero attached hydrogens (tertiary/aromatic N) is 1. The third-order valence-corrected chi connectivity index (χ3v) is 7.57. The Balaban J connectivity index is 1.54. The number of thioether (sulfide) groups is 1. The molecule has 2 amide bonds. The highest BCUT2D eigenvalue weighted by molar-refractivity contribution is 8.00. The third-order valence-electron chi connectivity index (χ3n) is 4.54. The molecule has 2 aromatic carbocycles. The highest BCUT2D eigenvalue weighted by atomic mass is 32.2. The fourth-order valence-electron chi connectivity index (χ4n) is 2.90. The molecular weight excluding hydrogens is 410 g/mol. The topological polar surface area (TPSA) is 95.6 Å². The van der Waals surface area contributed by atoms with Gasteiger partial charge in [0.1, 0.15) is 0 Å². The minimum absolute atomic E-state index is 0.160. The summed E-state index contributed by atoms with van der Waals surface area (Å²) >= 11 is 1.38. The summed E-state index contributed by atoms with van der Waals surface area (Å²) in [6.07, 6.45) is 1.72. The van der Waals surface area contributed by atoms with Gasteiger partial charge in [-0.25, -0.2) is 8.42 Å². The minimum Gasteiger partial charge on any atom is -0.272 e. The Bertz CT molecular complexity index is 957. The van der Waals surface area contributed by atoms with Crippen LogP contribution in [0.4, 0.5) is 0 Å². The Labute approximate surface area is 174 Å². The lowest BCUT2D eigenvalue weighted by Crippen LogP contribution is -2.44. The first-order valence-electron chi connectivity index (χ1n) is 9.30. The third kappa shape index (κ3) is 5.37. The van der Waals surface area contributed by atoms with E-state index in [0.29, 0.717) is 13.1 Å². The number of rotatable bonds is 6. The molecule has 2 N–H and O–H groups in total. The Morgan fingerprint density at radius 2 is 1.59 bits per heavy atom. The highest BCUT2D eigenvalue weighted by Crippen LogP contribution is 2.23. The van der Waals surface area contributed by atoms with Crippen LogP contribution in [0.15, 0.2) is 64.4 Å². The molecule has 9 heteroatoms. The van der Waals surface area contributed by atoms with E-state index in [4.69, 9.17) is 0 Å². The van der Waals surface area contributed by atoms with Gasteiger partial charge < -0.3 is 0 Å². The van der Waals surface area contributed by atoms with Gasteiger partial charge in [-0.05, 0) is 56.2 Å². The summed E-state index contributed by atoms with van der Waals surface area (Å²) in [4.78, 5) is 25.6. The molecule has 0 radical (unpaired) electrons. The number of nitrogens with one attached hydrogen (secondary N) is 2. The van der Waals surface area contributed by atoms with Gasteiger partial charge in [0.2, 0.25) is 10.0 Å². The fourth-order valence-corrected chi connectivity index (χ4v) is 5.31. The molecule has 2 aromatic rings. The molecule has 1 aliphatic heterocycles. The van der Waals surface area contributed by atoms with E-state index in [9.17, 15) is 18.0 Å². The number of hydrazine groups is 1. The minimum atomic E-state index is -3.52. The zero-order chi connectivity index (χ0) is 20.9. The smallest absolute Gasteiger partial charge is 0.269 e. The Morgan fingerprint density at radius 3 is 2.21 bits per heavy atom. The predicted octanol–water partition coefficient (Wildman–Crippen LogP) is 2.41. The largest absolute Gasteiger partial charge is 0.272 e. The van der Waals surface area contributed by atoms with Gasteiger partial charge >= 0.3 is 0 Å². The van der Waals surface area contributed by atoms with Crippen molar-refractivity contribution in [2.24, 2.45) is 0 Å². The number of sulfonamides is 1. The predicted molar refractivity (Wildman–Crippen MR) is 112 cm³/mol. The van der Waals surface area contributed by atoms with Gasteiger partial charge in [0, 0.05) is 23.5 Å². The number of amides is 2. The molecule has 0 aliphatic carbocycles. The van der Waals surface area contributed by atoms with Crippen LogP contribution in [0.3, 0.4) is 0 Å². The molecule has 1 unspecified atom stereocenters. The van der Waals surface area contributed by atoms with Crippen molar-refractivity contribution in [3.8, 4) is 0 Å². The van der Waals surface area contributed by atoms with Gasteiger partial charge in [-0.3, -0.25) is 20.4 Å². The molecule has 0 bridgehead atoms. The molecule has 1 fully saturated rings. The van der Waals surface area contributed by atoms with Gasteiger partial charge in [0.05, 0.1) is 10.1 Å². The van der Waals surface area contributed by atoms with Crippen molar-refractivity contribution in [1.29, 1.82) is 0 Å². The summed E-state index contributed by atoms with van der Waals surface area (Å²) in [5.74, 6) is -0.846. The fraction of sp³-hybridized carbons (Fsp3) is 0.300. The van der Waals surface area contributed by atoms with Crippen LogP contribution in [-0.4, -0.2) is 42.9 Å². The van der Waals surface area contributed by atoms with Crippen LogP contribution in [0.5, 0.6) is 0 Å². The summed E-state index contributed by atoms with van der Waals surface area (Å²) in [6, 6.07) is 15.2. The van der Waals surface area contributed by atoms with E-state index in [2.05, 4.69) is 10.9 Å². The van der Waals surface area contributed by atoms with E-state index in [0.717, 1.165) is 17.7 Å². The van der Waals surface area contributed by atoms with Crippen LogP contribution in [0.25, 0.3) is 0 Å². The average molecular weight is 434 g/mol. The van der Waals surface area contributed by atoms with Crippen molar-refractivity contribution in [3.63, 3.8) is 0 Å². The van der Waals surface area contributed by atoms with Crippen molar-refractivity contribution in [3.05, 3.63) is 60.2 Å². The monoisotopic (exact) mass is 433 g/mol. The van der Waals surface area contributed by atoms with Crippen LogP contribution in [0.1, 0.15) is 30.1 Å². The number of carbonyl (C=O) groups is 2. The second-order valence-corrected chi connectivity index (χ2v) is 10.0. The van der Waals surface area contributed by atoms with Gasteiger partial charge in [0.25, 0.3) is 11.8 Å². The molecule has 0 aromatic heterocycles. The summed E-state index contributed by atoms with van der Waals surface area (Å²) in [6.45, 7) is 2.79. The second-order valence-electron chi connectivity index (χ2n) is 6.65. The van der Waals surface area contributed by atoms with E-state index in [1.165, 1.54) is 40.3 Å². The molecule has 7 nitrogen and oxygen atoms in total. The van der Waals surface area contributed by atoms with Gasteiger partial charge in [-0.2, -0.15) is 4.31 Å². The molecular formula is C20H23N3O4S2. The molecule has 0 saturated carbocycles. The van der Waals surface area contributed by atoms with E-state index in [1.807, 2.05) is 30.3 Å². The maximum atomic E-state index is 12.5. The first kappa shape index (κ1) is 21.4. The Hall–Kier alpha value is -2.36. The molecule has 1 saturated heterocycles. The van der Waals surface area contributed by atoms with E-state index in [1.54, 1.807) is 6.92 Å². The Morgan fingerprint density at radius 1 is 0.966 bits per heavy atom. The SMILES string of the molecule is CC(Sc1ccccc1)C(=O)NNC(=O)c1ccc(S(=O)(=O)N2CCCC2)cc1. The highest BCUT2D eigenvalue weighted by Gasteiger charge is 2.27. The van der Waals surface area contributed by atoms with Gasteiger partial charge in [0.15, 0.2) is 0 Å². The van der Waals surface area contributed by atoms with Crippen molar-refractivity contribution >= 4 is 33.6 Å². The average Bonchev–Trinajstić information content (AvgIpc) is 3.28. The summed E-state index contributed by atoms with van der Waals surface area (Å²) < 4.78 is 26.5. The maximum absolute atomic E-state index is 12.5. The molecule has 29 heavy (non-hydrogen) atoms. The van der Waals surface area contributed by atoms with Crippen LogP contribution in [0, 0.1) is 0 Å². The quantitative estimate of drug-likeness (QED) is 0.539. The molecule has 1 aliphatic rings. The lowest BCUT2D eigenvalue weighted by Gasteiger charge is -2.16. The van der Waals surface area contributed by atoms with Crippen molar-refractivity contribution in [1.82, 2.24) is 15.2 Å². The zero-order valence-corrected chi connectivity index (χ0v) is 17.6. The molecule has 154 valence electrons. The zero-order valence-electron chi connectivity index (χ0n) is 16.0. The second kappa shape index (κ2) is 9.43. The number of hydrogen-bond donors (Lipinski definition) is 2. The van der Waals surface area contributed by atoms with Crippen molar-refractivity contribution < 1.29 is 18.0 Å². The Kier molecular flexibility index (Phi) is 6.94. The van der Waals surface area contributed by atoms with Crippen molar-refractivity contribution in [2.45, 2.75) is 34.8 Å². The molecule has 3 rings (SSSR count). The van der Waals surface area contributed by atoms with Gasteiger partial charge in [-0.1, -0.05) is 18.2 Å². The maximum Gasteiger partial charge on any atom is 0.269 e. The summed E-state index contributed by atoms with van der Waals surface area (Å²) in [5.41, 5.74) is 5.03. The first-order valence-corrected chi connectivity index (χ1v) is 11.6. The summed E-state index contributed by atoms with van der Waals surface area (Å²) in [7, 11) is -3.52. The van der Waals surface area contributed by atoms with E-state index in [-0.39, 0.29) is 16.4 Å². The standard InChI is InChI=1S/C20H23N3O4S2/c1-15(28-17-7-3-2-4-8-17)19(24)21-22-20(25)16-9-11-18(12-10-16)29(26,27)23-13-5-6-14-23/h2-4,7-12,15H,5-6,13-14H2,1H3,(H,21,24)(H,22,25).